The first kappa shape index (κ1) is 44.8. The Bertz CT molecular complexity index is 4690. The van der Waals surface area contributed by atoms with Crippen molar-refractivity contribution in [3.05, 3.63) is 279 Å². The first-order valence-corrected chi connectivity index (χ1v) is 26.2. The molecule has 0 unspecified atom stereocenters. The molecule has 366 valence electrons. The van der Waals surface area contributed by atoms with E-state index in [2.05, 4.69) is 218 Å². The van der Waals surface area contributed by atoms with Gasteiger partial charge in [-0.1, -0.05) is 182 Å². The van der Waals surface area contributed by atoms with Gasteiger partial charge in [0, 0.05) is 55.3 Å². The third-order valence-electron chi connectivity index (χ3n) is 14.9. The second kappa shape index (κ2) is 18.6. The largest absolute Gasteiger partial charge is 0.309 e. The molecule has 0 fully saturated rings. The lowest BCUT2D eigenvalue weighted by Crippen LogP contribution is -2.01. The zero-order valence-corrected chi connectivity index (χ0v) is 42.1. The van der Waals surface area contributed by atoms with Gasteiger partial charge in [0.15, 0.2) is 17.5 Å². The molecule has 0 spiro atoms. The van der Waals surface area contributed by atoms with Gasteiger partial charge in [0.1, 0.15) is 0 Å². The van der Waals surface area contributed by atoms with Crippen molar-refractivity contribution in [2.24, 2.45) is 0 Å². The topological polar surface area (TPSA) is 70.8 Å². The van der Waals surface area contributed by atoms with E-state index >= 15 is 0 Å². The SMILES string of the molecule is c1ccc(-c2nc(-c3ccccc3)nc(-c3cccc(-n4c5ccccc5n5c6ccccc6nc45)c3)n2)cc1.c1ccc(-n2c3ccccc3c3cc(-c4ccc5c(c4)c4ccccc4n5-c4ccccc4)ccc32)cc1. The Labute approximate surface area is 448 Å². The van der Waals surface area contributed by atoms with Gasteiger partial charge in [-0.25, -0.2) is 19.9 Å². The van der Waals surface area contributed by atoms with Crippen molar-refractivity contribution in [1.29, 1.82) is 0 Å². The second-order valence-electron chi connectivity index (χ2n) is 19.5. The van der Waals surface area contributed by atoms with Crippen molar-refractivity contribution in [1.82, 2.24) is 38.0 Å². The maximum absolute atomic E-state index is 5.02. The number of benzene rings is 11. The predicted molar refractivity (Wildman–Crippen MR) is 320 cm³/mol. The van der Waals surface area contributed by atoms with Gasteiger partial charge in [0.25, 0.3) is 0 Å². The van der Waals surface area contributed by atoms with Gasteiger partial charge in [0.2, 0.25) is 5.78 Å². The van der Waals surface area contributed by atoms with Gasteiger partial charge in [-0.05, 0) is 108 Å². The lowest BCUT2D eigenvalue weighted by molar-refractivity contribution is 1.07. The van der Waals surface area contributed by atoms with Crippen LogP contribution in [0.1, 0.15) is 0 Å². The Hall–Kier alpha value is -10.7. The monoisotopic (exact) mass is 998 g/mol. The number of para-hydroxylation sites is 8. The fourth-order valence-corrected chi connectivity index (χ4v) is 11.3. The van der Waals surface area contributed by atoms with E-state index in [0.29, 0.717) is 17.5 Å². The highest BCUT2D eigenvalue weighted by atomic mass is 15.2. The zero-order chi connectivity index (χ0) is 51.5. The molecule has 0 saturated carbocycles. The van der Waals surface area contributed by atoms with Crippen LogP contribution in [0, 0.1) is 0 Å². The Morgan fingerprint density at radius 2 is 0.615 bits per heavy atom. The molecule has 0 aliphatic rings. The Morgan fingerprint density at radius 1 is 0.218 bits per heavy atom. The number of fused-ring (bicyclic) bond motifs is 11. The molecule has 5 heterocycles. The first-order valence-electron chi connectivity index (χ1n) is 26.2. The van der Waals surface area contributed by atoms with Crippen molar-refractivity contribution >= 4 is 71.5 Å². The smallest absolute Gasteiger partial charge is 0.220 e. The lowest BCUT2D eigenvalue weighted by Gasteiger charge is -2.10. The summed E-state index contributed by atoms with van der Waals surface area (Å²) < 4.78 is 9.16. The number of hydrogen-bond donors (Lipinski definition) is 0. The lowest BCUT2D eigenvalue weighted by atomic mass is 10.0. The third kappa shape index (κ3) is 7.53. The van der Waals surface area contributed by atoms with Crippen LogP contribution in [0.3, 0.4) is 0 Å². The van der Waals surface area contributed by atoms with Gasteiger partial charge in [-0.15, -0.1) is 0 Å². The molecule has 5 aromatic heterocycles. The summed E-state index contributed by atoms with van der Waals surface area (Å²) in [6.45, 7) is 0. The summed E-state index contributed by atoms with van der Waals surface area (Å²) in [7, 11) is 0. The minimum atomic E-state index is 0.621. The summed E-state index contributed by atoms with van der Waals surface area (Å²) in [5.41, 5.74) is 17.7. The predicted octanol–water partition coefficient (Wildman–Crippen LogP) is 17.2. The van der Waals surface area contributed by atoms with Crippen LogP contribution < -0.4 is 0 Å². The Kier molecular flexibility index (Phi) is 10.7. The van der Waals surface area contributed by atoms with E-state index in [1.807, 2.05) is 78.9 Å². The van der Waals surface area contributed by atoms with Gasteiger partial charge in [-0.3, -0.25) is 8.97 Å². The molecule has 0 aliphatic carbocycles. The molecule has 78 heavy (non-hydrogen) atoms. The van der Waals surface area contributed by atoms with Gasteiger partial charge >= 0.3 is 0 Å². The average molecular weight is 999 g/mol. The van der Waals surface area contributed by atoms with E-state index in [1.54, 1.807) is 0 Å². The van der Waals surface area contributed by atoms with Crippen LogP contribution in [0.25, 0.3) is 134 Å². The van der Waals surface area contributed by atoms with Gasteiger partial charge < -0.3 is 9.13 Å². The number of rotatable bonds is 7. The van der Waals surface area contributed by atoms with Crippen molar-refractivity contribution in [2.75, 3.05) is 0 Å². The normalized spacial score (nSPS) is 11.6. The van der Waals surface area contributed by atoms with Crippen molar-refractivity contribution in [3.8, 4) is 62.4 Å². The average Bonchev–Trinajstić information content (AvgIpc) is 4.45. The molecule has 0 atom stereocenters. The summed E-state index contributed by atoms with van der Waals surface area (Å²) in [4.78, 5) is 19.7. The summed E-state index contributed by atoms with van der Waals surface area (Å²) in [6, 6.07) is 97.5. The second-order valence-corrected chi connectivity index (χ2v) is 19.5. The summed E-state index contributed by atoms with van der Waals surface area (Å²) in [6.07, 6.45) is 0. The highest BCUT2D eigenvalue weighted by molar-refractivity contribution is 6.12. The maximum Gasteiger partial charge on any atom is 0.220 e. The van der Waals surface area contributed by atoms with Crippen LogP contribution in [0.5, 0.6) is 0 Å². The number of aromatic nitrogens is 8. The van der Waals surface area contributed by atoms with Crippen molar-refractivity contribution < 1.29 is 0 Å². The van der Waals surface area contributed by atoms with E-state index in [0.717, 1.165) is 50.2 Å². The molecule has 0 bridgehead atoms. The molecule has 8 nitrogen and oxygen atoms in total. The Morgan fingerprint density at radius 3 is 1.15 bits per heavy atom. The molecule has 0 saturated heterocycles. The molecule has 11 aromatic carbocycles. The minimum absolute atomic E-state index is 0.621. The van der Waals surface area contributed by atoms with Crippen LogP contribution in [-0.4, -0.2) is 38.0 Å². The molecule has 16 rings (SSSR count). The van der Waals surface area contributed by atoms with Crippen LogP contribution in [0.4, 0.5) is 0 Å². The van der Waals surface area contributed by atoms with E-state index < -0.39 is 0 Å². The molecule has 0 amide bonds. The molecule has 8 heteroatoms. The highest BCUT2D eigenvalue weighted by Crippen LogP contribution is 2.39. The minimum Gasteiger partial charge on any atom is -0.309 e. The van der Waals surface area contributed by atoms with Crippen molar-refractivity contribution in [3.63, 3.8) is 0 Å². The van der Waals surface area contributed by atoms with E-state index in [4.69, 9.17) is 19.9 Å². The van der Waals surface area contributed by atoms with Gasteiger partial charge in [-0.2, -0.15) is 0 Å². The van der Waals surface area contributed by atoms with E-state index in [9.17, 15) is 0 Å². The van der Waals surface area contributed by atoms with Crippen LogP contribution in [0.2, 0.25) is 0 Å². The number of hydrogen-bond acceptors (Lipinski definition) is 4. The molecule has 16 aromatic rings. The van der Waals surface area contributed by atoms with Crippen LogP contribution in [0.15, 0.2) is 279 Å². The first-order chi connectivity index (χ1) is 38.7. The molecule has 0 aliphatic heterocycles. The van der Waals surface area contributed by atoms with Crippen LogP contribution in [-0.2, 0) is 0 Å². The van der Waals surface area contributed by atoms with E-state index in [-0.39, 0.29) is 0 Å². The quantitative estimate of drug-likeness (QED) is 0.159. The summed E-state index contributed by atoms with van der Waals surface area (Å²) in [5.74, 6) is 2.77. The van der Waals surface area contributed by atoms with Crippen LogP contribution >= 0.6 is 0 Å². The summed E-state index contributed by atoms with van der Waals surface area (Å²) >= 11 is 0. The fraction of sp³-hybridized carbons (Fsp3) is 0. The maximum atomic E-state index is 5.02. The van der Waals surface area contributed by atoms with Gasteiger partial charge in [0.05, 0.1) is 44.1 Å². The summed E-state index contributed by atoms with van der Waals surface area (Å²) in [5, 5.41) is 5.09. The highest BCUT2D eigenvalue weighted by Gasteiger charge is 2.20. The molecule has 0 N–H and O–H groups in total. The number of nitrogens with zero attached hydrogens (tertiary/aromatic N) is 8. The third-order valence-corrected chi connectivity index (χ3v) is 14.9. The molecule has 0 radical (unpaired) electrons. The molecular weight excluding hydrogens is 953 g/mol. The standard InChI is InChI=1S/C36H24N2.C34H22N6/c1-3-11-27(12-4-1)37-33-17-9-7-15-29(33)31-23-25(19-21-35(31)37)26-20-22-36-32(24-26)30-16-8-10-18-34(30)38(36)28-13-5-2-6-14-28;1-3-12-23(13-4-1)31-36-32(24-14-5-2-6-15-24)38-33(37-31)25-16-11-17-26(22-25)39-29-20-9-10-21-30(29)40-28-19-8-7-18-27(28)35-34(39)40/h1-24H;1-22H. The zero-order valence-electron chi connectivity index (χ0n) is 42.1. The van der Waals surface area contributed by atoms with E-state index in [1.165, 1.54) is 66.1 Å². The Balaban J connectivity index is 0.000000136. The fourth-order valence-electron chi connectivity index (χ4n) is 11.3. The molecular formula is C70H46N8. The number of imidazole rings is 2. The van der Waals surface area contributed by atoms with Crippen molar-refractivity contribution in [2.45, 2.75) is 0 Å².